The zero-order chi connectivity index (χ0) is 51.4. The van der Waals surface area contributed by atoms with Gasteiger partial charge in [-0.15, -0.1) is 0 Å². The van der Waals surface area contributed by atoms with Crippen molar-refractivity contribution in [2.45, 2.75) is 104 Å². The van der Waals surface area contributed by atoms with Crippen LogP contribution in [-0.2, 0) is 39.6 Å². The number of aliphatic hydroxyl groups excluding tert-OH is 1. The lowest BCUT2D eigenvalue weighted by molar-refractivity contribution is -0.400. The van der Waals surface area contributed by atoms with Gasteiger partial charge in [0, 0.05) is 11.1 Å². The lowest BCUT2D eigenvalue weighted by Crippen LogP contribution is -2.58. The van der Waals surface area contributed by atoms with Gasteiger partial charge >= 0.3 is 49.4 Å². The first-order valence-electron chi connectivity index (χ1n) is 17.6. The van der Waals surface area contributed by atoms with Gasteiger partial charge in [-0.25, -0.2) is 0 Å². The van der Waals surface area contributed by atoms with Gasteiger partial charge in [-0.1, -0.05) is 60.7 Å². The van der Waals surface area contributed by atoms with Gasteiger partial charge in [-0.05, 0) is 13.8 Å². The lowest BCUT2D eigenvalue weighted by atomic mass is 9.91. The molecular weight excluding hydrogens is 988 g/mol. The summed E-state index contributed by atoms with van der Waals surface area (Å²) < 4.78 is 335. The second kappa shape index (κ2) is 20.2. The number of ether oxygens (including phenoxy) is 6. The zero-order valence-electron chi connectivity index (χ0n) is 32.7. The monoisotopic (exact) mass is 1020 g/mol. The Kier molecular flexibility index (Phi) is 17.9. The Morgan fingerprint density at radius 3 is 0.833 bits per heavy atom. The minimum atomic E-state index is -6.20. The van der Waals surface area contributed by atoms with Crippen molar-refractivity contribution in [3.8, 4) is 0 Å². The van der Waals surface area contributed by atoms with E-state index in [2.05, 4.69) is 28.4 Å². The van der Waals surface area contributed by atoms with Crippen LogP contribution < -0.4 is 0 Å². The number of rotatable bonds is 14. The van der Waals surface area contributed by atoms with Crippen LogP contribution in [0, 0.1) is 0 Å². The summed E-state index contributed by atoms with van der Waals surface area (Å²) in [6.07, 6.45) is -50.9. The van der Waals surface area contributed by atoms with Crippen molar-refractivity contribution in [1.82, 2.24) is 0 Å². The summed E-state index contributed by atoms with van der Waals surface area (Å²) in [6, 6.07) is 7.01. The average Bonchev–Trinajstić information content (AvgIpc) is 4.07. The SMILES string of the molecule is CC(OCC1CO1)(C(F)(F)F)C(F)(F)F.CC(OCC1CO1)(C(F)(F)F)C(F)(F)F.OC(COC(c1ccccc1)(C(F)(F)F)C(F)(F)F)COC(c1ccccc1)(C(F)(F)F)C(F)(F)F. The van der Waals surface area contributed by atoms with E-state index in [9.17, 15) is 110 Å². The molecule has 0 amide bonds. The highest BCUT2D eigenvalue weighted by molar-refractivity contribution is 5.28. The molecule has 2 fully saturated rings. The fourth-order valence-electron chi connectivity index (χ4n) is 4.80. The van der Waals surface area contributed by atoms with Gasteiger partial charge in [0.2, 0.25) is 0 Å². The molecule has 0 saturated carbocycles. The van der Waals surface area contributed by atoms with Gasteiger partial charge < -0.3 is 33.5 Å². The fraction of sp³-hybridized carbons (Fsp3) is 0.657. The Balaban J connectivity index is 0.000000407. The summed E-state index contributed by atoms with van der Waals surface area (Å²) in [5, 5.41) is 9.81. The van der Waals surface area contributed by atoms with E-state index in [0.29, 0.717) is 24.3 Å². The molecule has 0 bridgehead atoms. The molecule has 2 saturated heterocycles. The van der Waals surface area contributed by atoms with Crippen LogP contribution in [0.4, 0.5) is 105 Å². The Bertz CT molecular complexity index is 1590. The second-order valence-electron chi connectivity index (χ2n) is 14.0. The number of aliphatic hydroxyl groups is 1. The van der Waals surface area contributed by atoms with E-state index in [4.69, 9.17) is 0 Å². The van der Waals surface area contributed by atoms with Gasteiger partial charge in [0.1, 0.15) is 18.3 Å². The smallest absolute Gasteiger partial charge is 0.388 e. The maximum absolute atomic E-state index is 13.7. The molecule has 1 N–H and O–H groups in total. The molecule has 4 rings (SSSR count). The molecule has 31 heteroatoms. The zero-order valence-corrected chi connectivity index (χ0v) is 32.7. The summed E-state index contributed by atoms with van der Waals surface area (Å²) in [5.74, 6) is 0. The van der Waals surface area contributed by atoms with Crippen LogP contribution in [0.5, 0.6) is 0 Å². The number of benzene rings is 2. The van der Waals surface area contributed by atoms with Crippen molar-refractivity contribution in [1.29, 1.82) is 0 Å². The Hall–Kier alpha value is -3.52. The Morgan fingerprint density at radius 1 is 0.424 bits per heavy atom. The van der Waals surface area contributed by atoms with E-state index in [1.807, 2.05) is 0 Å². The molecule has 0 spiro atoms. The molecule has 2 unspecified atom stereocenters. The van der Waals surface area contributed by atoms with Gasteiger partial charge in [0.05, 0.1) is 39.6 Å². The quantitative estimate of drug-likeness (QED) is 0.149. The molecule has 2 aromatic carbocycles. The molecule has 2 aromatic rings. The summed E-state index contributed by atoms with van der Waals surface area (Å²) in [5.41, 5.74) is -21.3. The number of hydrogen-bond donors (Lipinski definition) is 1. The van der Waals surface area contributed by atoms with Crippen molar-refractivity contribution in [2.75, 3.05) is 39.6 Å². The van der Waals surface area contributed by atoms with E-state index in [-0.39, 0.29) is 27.1 Å². The minimum absolute atomic E-state index is 0.0324. The number of hydrogen-bond acceptors (Lipinski definition) is 7. The number of halogens is 24. The van der Waals surface area contributed by atoms with Crippen LogP contribution >= 0.6 is 0 Å². The second-order valence-corrected chi connectivity index (χ2v) is 14.0. The number of epoxide rings is 2. The summed E-state index contributed by atoms with van der Waals surface area (Å²) in [4.78, 5) is 0. The van der Waals surface area contributed by atoms with E-state index in [0.717, 1.165) is 36.4 Å². The fourth-order valence-corrected chi connectivity index (χ4v) is 4.80. The van der Waals surface area contributed by atoms with Crippen LogP contribution in [-0.4, -0.2) is 124 Å². The van der Waals surface area contributed by atoms with Crippen molar-refractivity contribution >= 4 is 0 Å². The van der Waals surface area contributed by atoms with Gasteiger partial charge in [0.15, 0.2) is 0 Å². The maximum atomic E-state index is 13.7. The molecule has 0 radical (unpaired) electrons. The van der Waals surface area contributed by atoms with Gasteiger partial charge in [-0.3, -0.25) is 0 Å². The van der Waals surface area contributed by atoms with Crippen molar-refractivity contribution in [2.24, 2.45) is 0 Å². The van der Waals surface area contributed by atoms with Crippen molar-refractivity contribution in [3.63, 3.8) is 0 Å². The molecule has 7 nitrogen and oxygen atoms in total. The molecule has 0 aliphatic carbocycles. The topological polar surface area (TPSA) is 82.2 Å². The predicted octanol–water partition coefficient (Wildman–Crippen LogP) is 11.0. The highest BCUT2D eigenvalue weighted by Crippen LogP contribution is 2.55. The van der Waals surface area contributed by atoms with Crippen LogP contribution in [0.1, 0.15) is 25.0 Å². The van der Waals surface area contributed by atoms with Crippen molar-refractivity contribution < 1.29 is 139 Å². The summed E-state index contributed by atoms with van der Waals surface area (Å²) in [6.45, 7) is -5.21. The third-order valence-corrected chi connectivity index (χ3v) is 9.03. The van der Waals surface area contributed by atoms with Crippen LogP contribution in [0.2, 0.25) is 0 Å². The molecule has 2 aliphatic rings. The van der Waals surface area contributed by atoms with E-state index >= 15 is 0 Å². The first-order chi connectivity index (χ1) is 29.5. The van der Waals surface area contributed by atoms with Gasteiger partial charge in [-0.2, -0.15) is 105 Å². The van der Waals surface area contributed by atoms with E-state index in [1.165, 1.54) is 0 Å². The lowest BCUT2D eigenvalue weighted by Gasteiger charge is -2.39. The largest absolute Gasteiger partial charge is 0.430 e. The standard InChI is InChI=1S/C21H16F12O3.2C7H8F6O2/c22-18(23,24)16(19(25,26)27,13-7-3-1-4-8-13)35-11-15(34)12-36-17(20(28,29)30,21(31,32)33)14-9-5-2-6-10-14;2*1-5(6(8,9)10,7(11,12)13)15-3-4-2-14-4/h1-10,15,34H,11-12H2;2*4H,2-3H2,1H3. The average molecular weight is 1020 g/mol. The molecule has 66 heavy (non-hydrogen) atoms. The number of alkyl halides is 24. The molecule has 2 heterocycles. The first kappa shape index (κ1) is 58.6. The predicted molar refractivity (Wildman–Crippen MR) is 171 cm³/mol. The molecule has 382 valence electrons. The highest BCUT2D eigenvalue weighted by Gasteiger charge is 2.75. The van der Waals surface area contributed by atoms with Crippen LogP contribution in [0.25, 0.3) is 0 Å². The van der Waals surface area contributed by atoms with Crippen LogP contribution in [0.3, 0.4) is 0 Å². The van der Waals surface area contributed by atoms with E-state index < -0.39 is 128 Å². The first-order valence-corrected chi connectivity index (χ1v) is 17.6. The van der Waals surface area contributed by atoms with Crippen LogP contribution in [0.15, 0.2) is 60.7 Å². The molecular formula is C35H32F24O7. The Morgan fingerprint density at radius 2 is 0.652 bits per heavy atom. The van der Waals surface area contributed by atoms with Gasteiger partial charge in [0.25, 0.3) is 22.4 Å². The maximum Gasteiger partial charge on any atom is 0.430 e. The third-order valence-electron chi connectivity index (χ3n) is 9.03. The van der Waals surface area contributed by atoms with Crippen molar-refractivity contribution in [3.05, 3.63) is 71.8 Å². The third kappa shape index (κ3) is 13.4. The normalized spacial score (nSPS) is 18.3. The molecule has 2 aliphatic heterocycles. The van der Waals surface area contributed by atoms with E-state index in [1.54, 1.807) is 0 Å². The minimum Gasteiger partial charge on any atom is -0.388 e. The molecule has 2 atom stereocenters. The molecule has 0 aromatic heterocycles. The highest BCUT2D eigenvalue weighted by atomic mass is 19.4. The summed E-state index contributed by atoms with van der Waals surface area (Å²) in [7, 11) is 0. The summed E-state index contributed by atoms with van der Waals surface area (Å²) >= 11 is 0. The Labute approximate surface area is 354 Å².